The maximum atomic E-state index is 5.79. The lowest BCUT2D eigenvalue weighted by Crippen LogP contribution is -2.26. The molecule has 0 saturated heterocycles. The summed E-state index contributed by atoms with van der Waals surface area (Å²) in [5, 5.41) is 3.66. The van der Waals surface area contributed by atoms with Crippen molar-refractivity contribution >= 4 is 5.69 Å². The van der Waals surface area contributed by atoms with Crippen molar-refractivity contribution < 1.29 is 4.74 Å². The summed E-state index contributed by atoms with van der Waals surface area (Å²) in [6.07, 6.45) is 6.34. The van der Waals surface area contributed by atoms with E-state index >= 15 is 0 Å². The van der Waals surface area contributed by atoms with E-state index in [1.807, 2.05) is 6.07 Å². The molecule has 1 aliphatic rings. The molecule has 18 heavy (non-hydrogen) atoms. The normalized spacial score (nSPS) is 23.7. The highest BCUT2D eigenvalue weighted by molar-refractivity contribution is 5.56. The molecule has 100 valence electrons. The van der Waals surface area contributed by atoms with E-state index in [0.717, 1.165) is 30.4 Å². The van der Waals surface area contributed by atoms with Gasteiger partial charge in [-0.2, -0.15) is 0 Å². The van der Waals surface area contributed by atoms with Gasteiger partial charge in [0.1, 0.15) is 5.75 Å². The molecule has 2 unspecified atom stereocenters. The van der Waals surface area contributed by atoms with E-state index < -0.39 is 0 Å². The van der Waals surface area contributed by atoms with E-state index in [0.29, 0.717) is 6.04 Å². The molecular formula is C16H25NO. The summed E-state index contributed by atoms with van der Waals surface area (Å²) < 4.78 is 5.79. The molecule has 2 heteroatoms. The minimum absolute atomic E-state index is 0.611. The predicted molar refractivity (Wildman–Crippen MR) is 77.3 cm³/mol. The fraction of sp³-hybridized carbons (Fsp3) is 0.625. The molecule has 2 nitrogen and oxygen atoms in total. The van der Waals surface area contributed by atoms with Crippen LogP contribution in [0, 0.1) is 5.92 Å². The largest absolute Gasteiger partial charge is 0.491 e. The first-order chi connectivity index (χ1) is 8.79. The topological polar surface area (TPSA) is 21.3 Å². The third-order valence-electron chi connectivity index (χ3n) is 3.64. The van der Waals surface area contributed by atoms with Crippen LogP contribution in [0.2, 0.25) is 0 Å². The molecule has 1 N–H and O–H groups in total. The van der Waals surface area contributed by atoms with Gasteiger partial charge in [0.05, 0.1) is 12.3 Å². The highest BCUT2D eigenvalue weighted by Gasteiger charge is 2.19. The van der Waals surface area contributed by atoms with Gasteiger partial charge in [0, 0.05) is 6.04 Å². The molecule has 2 atom stereocenters. The highest BCUT2D eigenvalue weighted by atomic mass is 16.5. The quantitative estimate of drug-likeness (QED) is 0.829. The number of rotatable bonds is 5. The molecule has 0 aromatic heterocycles. The van der Waals surface area contributed by atoms with Crippen molar-refractivity contribution in [1.29, 1.82) is 0 Å². The second-order valence-corrected chi connectivity index (χ2v) is 5.46. The van der Waals surface area contributed by atoms with Crippen molar-refractivity contribution in [3.8, 4) is 5.75 Å². The fourth-order valence-corrected chi connectivity index (χ4v) is 2.71. The molecule has 0 spiro atoms. The Morgan fingerprint density at radius 2 is 2.11 bits per heavy atom. The summed E-state index contributed by atoms with van der Waals surface area (Å²) in [7, 11) is 0. The zero-order valence-electron chi connectivity index (χ0n) is 11.6. The SMILES string of the molecule is CCCOc1ccccc1NC1CCCC(C)C1. The molecule has 1 saturated carbocycles. The van der Waals surface area contributed by atoms with E-state index in [9.17, 15) is 0 Å². The summed E-state index contributed by atoms with van der Waals surface area (Å²) >= 11 is 0. The van der Waals surface area contributed by atoms with Crippen LogP contribution in [0.3, 0.4) is 0 Å². The van der Waals surface area contributed by atoms with Crippen molar-refractivity contribution in [3.05, 3.63) is 24.3 Å². The Labute approximate surface area is 111 Å². The third-order valence-corrected chi connectivity index (χ3v) is 3.64. The predicted octanol–water partition coefficient (Wildman–Crippen LogP) is 4.47. The Bertz CT molecular complexity index is 364. The zero-order valence-corrected chi connectivity index (χ0v) is 11.6. The molecule has 0 bridgehead atoms. The van der Waals surface area contributed by atoms with Gasteiger partial charge in [-0.15, -0.1) is 0 Å². The molecule has 0 radical (unpaired) electrons. The Morgan fingerprint density at radius 1 is 1.28 bits per heavy atom. The number of hydrogen-bond donors (Lipinski definition) is 1. The molecule has 1 aromatic carbocycles. The van der Waals surface area contributed by atoms with Crippen LogP contribution >= 0.6 is 0 Å². The third kappa shape index (κ3) is 3.66. The van der Waals surface area contributed by atoms with Crippen LogP contribution < -0.4 is 10.1 Å². The van der Waals surface area contributed by atoms with E-state index in [1.54, 1.807) is 0 Å². The number of para-hydroxylation sites is 2. The van der Waals surface area contributed by atoms with Gasteiger partial charge in [-0.25, -0.2) is 0 Å². The Morgan fingerprint density at radius 3 is 2.89 bits per heavy atom. The molecule has 0 heterocycles. The highest BCUT2D eigenvalue weighted by Crippen LogP contribution is 2.30. The maximum absolute atomic E-state index is 5.79. The van der Waals surface area contributed by atoms with Crippen molar-refractivity contribution in [2.24, 2.45) is 5.92 Å². The summed E-state index contributed by atoms with van der Waals surface area (Å²) in [5.74, 6) is 1.84. The molecule has 2 rings (SSSR count). The summed E-state index contributed by atoms with van der Waals surface area (Å²) in [6.45, 7) is 5.28. The number of anilines is 1. The average molecular weight is 247 g/mol. The Kier molecular flexibility index (Phi) is 4.91. The number of nitrogens with one attached hydrogen (secondary N) is 1. The van der Waals surface area contributed by atoms with Gasteiger partial charge in [0.15, 0.2) is 0 Å². The van der Waals surface area contributed by atoms with Crippen LogP contribution in [-0.2, 0) is 0 Å². The van der Waals surface area contributed by atoms with E-state index in [2.05, 4.69) is 37.4 Å². The van der Waals surface area contributed by atoms with E-state index in [1.165, 1.54) is 25.7 Å². The lowest BCUT2D eigenvalue weighted by atomic mass is 9.87. The van der Waals surface area contributed by atoms with Gasteiger partial charge in [-0.1, -0.05) is 38.8 Å². The van der Waals surface area contributed by atoms with E-state index in [-0.39, 0.29) is 0 Å². The van der Waals surface area contributed by atoms with Crippen LogP contribution in [0.15, 0.2) is 24.3 Å². The van der Waals surface area contributed by atoms with E-state index in [4.69, 9.17) is 4.74 Å². The standard InChI is InChI=1S/C16H25NO/c1-3-11-18-16-10-5-4-9-15(16)17-14-8-6-7-13(2)12-14/h4-5,9-10,13-14,17H,3,6-8,11-12H2,1-2H3. The molecule has 1 fully saturated rings. The van der Waals surface area contributed by atoms with Crippen LogP contribution in [0.1, 0.15) is 46.0 Å². The molecule has 1 aromatic rings. The van der Waals surface area contributed by atoms with Gasteiger partial charge < -0.3 is 10.1 Å². The molecule has 0 aliphatic heterocycles. The lowest BCUT2D eigenvalue weighted by Gasteiger charge is -2.29. The minimum atomic E-state index is 0.611. The summed E-state index contributed by atoms with van der Waals surface area (Å²) in [4.78, 5) is 0. The van der Waals surface area contributed by atoms with Gasteiger partial charge in [-0.3, -0.25) is 0 Å². The fourth-order valence-electron chi connectivity index (χ4n) is 2.71. The maximum Gasteiger partial charge on any atom is 0.142 e. The second-order valence-electron chi connectivity index (χ2n) is 5.46. The van der Waals surface area contributed by atoms with Crippen LogP contribution in [0.4, 0.5) is 5.69 Å². The first-order valence-electron chi connectivity index (χ1n) is 7.28. The zero-order chi connectivity index (χ0) is 12.8. The second kappa shape index (κ2) is 6.67. The monoisotopic (exact) mass is 247 g/mol. The van der Waals surface area contributed by atoms with Gasteiger partial charge in [0.2, 0.25) is 0 Å². The number of benzene rings is 1. The van der Waals surface area contributed by atoms with Gasteiger partial charge in [-0.05, 0) is 37.3 Å². The Balaban J connectivity index is 1.99. The first kappa shape index (κ1) is 13.3. The van der Waals surface area contributed by atoms with Crippen molar-refractivity contribution in [3.63, 3.8) is 0 Å². The first-order valence-corrected chi connectivity index (χ1v) is 7.28. The van der Waals surface area contributed by atoms with Crippen LogP contribution in [0.5, 0.6) is 5.75 Å². The number of hydrogen-bond acceptors (Lipinski definition) is 2. The molecular weight excluding hydrogens is 222 g/mol. The molecule has 0 amide bonds. The Hall–Kier alpha value is -1.18. The smallest absolute Gasteiger partial charge is 0.142 e. The lowest BCUT2D eigenvalue weighted by molar-refractivity contribution is 0.316. The van der Waals surface area contributed by atoms with Crippen molar-refractivity contribution in [1.82, 2.24) is 0 Å². The van der Waals surface area contributed by atoms with Gasteiger partial charge in [0.25, 0.3) is 0 Å². The van der Waals surface area contributed by atoms with Crippen LogP contribution in [0.25, 0.3) is 0 Å². The van der Waals surface area contributed by atoms with Crippen molar-refractivity contribution in [2.75, 3.05) is 11.9 Å². The molecule has 1 aliphatic carbocycles. The minimum Gasteiger partial charge on any atom is -0.491 e. The summed E-state index contributed by atoms with van der Waals surface area (Å²) in [5.41, 5.74) is 1.16. The number of ether oxygens (including phenoxy) is 1. The van der Waals surface area contributed by atoms with Gasteiger partial charge >= 0.3 is 0 Å². The van der Waals surface area contributed by atoms with Crippen LogP contribution in [-0.4, -0.2) is 12.6 Å². The average Bonchev–Trinajstić information content (AvgIpc) is 2.38. The summed E-state index contributed by atoms with van der Waals surface area (Å²) in [6, 6.07) is 8.92. The van der Waals surface area contributed by atoms with Crippen molar-refractivity contribution in [2.45, 2.75) is 52.0 Å².